The second-order valence-corrected chi connectivity index (χ2v) is 4.47. The molecular formula is C14H11ClF2N2O. The lowest BCUT2D eigenvalue weighted by molar-refractivity contribution is -0.114. The fraction of sp³-hybridized carbons (Fsp3) is 0.0714. The molecule has 0 saturated carbocycles. The molecule has 3 nitrogen and oxygen atoms in total. The molecule has 0 aliphatic carbocycles. The minimum atomic E-state index is -1.01. The normalized spacial score (nSPS) is 10.2. The molecule has 2 rings (SSSR count). The van der Waals surface area contributed by atoms with Crippen molar-refractivity contribution < 1.29 is 13.6 Å². The van der Waals surface area contributed by atoms with E-state index in [4.69, 9.17) is 11.6 Å². The number of anilines is 2. The topological polar surface area (TPSA) is 41.1 Å². The molecule has 0 fully saturated rings. The Balaban J connectivity index is 1.89. The van der Waals surface area contributed by atoms with Crippen molar-refractivity contribution in [2.75, 3.05) is 17.2 Å². The van der Waals surface area contributed by atoms with Crippen LogP contribution in [0.5, 0.6) is 0 Å². The zero-order chi connectivity index (χ0) is 14.5. The van der Waals surface area contributed by atoms with Gasteiger partial charge in [-0.15, -0.1) is 0 Å². The van der Waals surface area contributed by atoms with Crippen LogP contribution >= 0.6 is 11.6 Å². The minimum Gasteiger partial charge on any atom is -0.376 e. The van der Waals surface area contributed by atoms with E-state index < -0.39 is 11.6 Å². The molecule has 0 saturated heterocycles. The third kappa shape index (κ3) is 3.93. The highest BCUT2D eigenvalue weighted by Gasteiger charge is 2.06. The largest absolute Gasteiger partial charge is 0.376 e. The van der Waals surface area contributed by atoms with E-state index in [2.05, 4.69) is 10.6 Å². The Hall–Kier alpha value is -2.14. The first-order chi connectivity index (χ1) is 9.54. The quantitative estimate of drug-likeness (QED) is 0.904. The highest BCUT2D eigenvalue weighted by Crippen LogP contribution is 2.14. The highest BCUT2D eigenvalue weighted by atomic mass is 35.5. The van der Waals surface area contributed by atoms with Gasteiger partial charge in [0.1, 0.15) is 0 Å². The molecule has 0 atom stereocenters. The van der Waals surface area contributed by atoms with Gasteiger partial charge in [0, 0.05) is 22.5 Å². The molecule has 0 spiro atoms. The summed E-state index contributed by atoms with van der Waals surface area (Å²) in [6, 6.07) is 10.0. The summed E-state index contributed by atoms with van der Waals surface area (Å²) in [6.07, 6.45) is 0. The molecule has 0 bridgehead atoms. The molecule has 2 aromatic rings. The summed E-state index contributed by atoms with van der Waals surface area (Å²) in [5, 5.41) is 5.94. The van der Waals surface area contributed by atoms with Crippen LogP contribution < -0.4 is 10.6 Å². The number of hydrogen-bond donors (Lipinski definition) is 2. The summed E-state index contributed by atoms with van der Waals surface area (Å²) < 4.78 is 25.7. The van der Waals surface area contributed by atoms with Gasteiger partial charge in [-0.1, -0.05) is 11.6 Å². The lowest BCUT2D eigenvalue weighted by Gasteiger charge is -2.08. The van der Waals surface area contributed by atoms with E-state index in [1.165, 1.54) is 6.07 Å². The van der Waals surface area contributed by atoms with Crippen LogP contribution in [0.15, 0.2) is 42.5 Å². The van der Waals surface area contributed by atoms with E-state index in [1.807, 2.05) is 0 Å². The number of rotatable bonds is 4. The van der Waals surface area contributed by atoms with Gasteiger partial charge in [-0.05, 0) is 36.4 Å². The zero-order valence-electron chi connectivity index (χ0n) is 10.3. The number of nitrogens with one attached hydrogen (secondary N) is 2. The Morgan fingerprint density at radius 3 is 2.30 bits per heavy atom. The molecule has 0 aliphatic heterocycles. The fourth-order valence-corrected chi connectivity index (χ4v) is 1.66. The van der Waals surface area contributed by atoms with Gasteiger partial charge in [0.2, 0.25) is 5.91 Å². The lowest BCUT2D eigenvalue weighted by Crippen LogP contribution is -2.21. The molecular weight excluding hydrogens is 286 g/mol. The highest BCUT2D eigenvalue weighted by molar-refractivity contribution is 6.30. The standard InChI is InChI=1S/C14H11ClF2N2O/c15-9-1-3-10(4-2-9)18-8-14(20)19-11-5-6-12(16)13(17)7-11/h1-7,18H,8H2,(H,19,20). The Morgan fingerprint density at radius 2 is 1.65 bits per heavy atom. The Bertz CT molecular complexity index is 617. The molecule has 104 valence electrons. The maximum Gasteiger partial charge on any atom is 0.243 e. The van der Waals surface area contributed by atoms with E-state index in [9.17, 15) is 13.6 Å². The van der Waals surface area contributed by atoms with Crippen molar-refractivity contribution in [2.24, 2.45) is 0 Å². The number of carbonyl (C=O) groups is 1. The number of amides is 1. The first kappa shape index (κ1) is 14.3. The van der Waals surface area contributed by atoms with E-state index in [0.717, 1.165) is 17.8 Å². The molecule has 0 radical (unpaired) electrons. The third-order valence-corrected chi connectivity index (χ3v) is 2.75. The van der Waals surface area contributed by atoms with Crippen LogP contribution in [0.4, 0.5) is 20.2 Å². The molecule has 1 amide bonds. The lowest BCUT2D eigenvalue weighted by atomic mass is 10.3. The van der Waals surface area contributed by atoms with Gasteiger partial charge in [-0.25, -0.2) is 8.78 Å². The fourth-order valence-electron chi connectivity index (χ4n) is 1.53. The predicted octanol–water partition coefficient (Wildman–Crippen LogP) is 3.67. The number of halogens is 3. The van der Waals surface area contributed by atoms with Crippen LogP contribution in [0.25, 0.3) is 0 Å². The Morgan fingerprint density at radius 1 is 1.00 bits per heavy atom. The van der Waals surface area contributed by atoms with Crippen molar-refractivity contribution in [1.29, 1.82) is 0 Å². The van der Waals surface area contributed by atoms with Gasteiger partial charge >= 0.3 is 0 Å². The molecule has 20 heavy (non-hydrogen) atoms. The molecule has 0 aromatic heterocycles. The average Bonchev–Trinajstić information content (AvgIpc) is 2.42. The molecule has 0 heterocycles. The molecule has 0 aliphatic rings. The van der Waals surface area contributed by atoms with Gasteiger partial charge in [-0.2, -0.15) is 0 Å². The van der Waals surface area contributed by atoms with Crippen LogP contribution in [0.1, 0.15) is 0 Å². The molecule has 6 heteroatoms. The Labute approximate surface area is 119 Å². The number of carbonyl (C=O) groups excluding carboxylic acids is 1. The summed E-state index contributed by atoms with van der Waals surface area (Å²) in [7, 11) is 0. The van der Waals surface area contributed by atoms with Crippen molar-refractivity contribution >= 4 is 28.9 Å². The van der Waals surface area contributed by atoms with Crippen molar-refractivity contribution in [2.45, 2.75) is 0 Å². The van der Waals surface area contributed by atoms with E-state index in [1.54, 1.807) is 24.3 Å². The van der Waals surface area contributed by atoms with Crippen LogP contribution in [-0.2, 0) is 4.79 Å². The Kier molecular flexibility index (Phi) is 4.53. The van der Waals surface area contributed by atoms with Crippen LogP contribution in [0, 0.1) is 11.6 Å². The second kappa shape index (κ2) is 6.34. The van der Waals surface area contributed by atoms with Gasteiger partial charge in [0.05, 0.1) is 6.54 Å². The first-order valence-electron chi connectivity index (χ1n) is 5.79. The summed E-state index contributed by atoms with van der Waals surface area (Å²) in [5.74, 6) is -2.33. The van der Waals surface area contributed by atoms with Crippen molar-refractivity contribution in [3.05, 3.63) is 59.1 Å². The maximum atomic E-state index is 13.0. The predicted molar refractivity (Wildman–Crippen MR) is 74.9 cm³/mol. The second-order valence-electron chi connectivity index (χ2n) is 4.04. The first-order valence-corrected chi connectivity index (χ1v) is 6.17. The van der Waals surface area contributed by atoms with Crippen molar-refractivity contribution in [1.82, 2.24) is 0 Å². The molecule has 2 N–H and O–H groups in total. The summed E-state index contributed by atoms with van der Waals surface area (Å²) in [6.45, 7) is 0.000623. The summed E-state index contributed by atoms with van der Waals surface area (Å²) in [4.78, 5) is 11.6. The average molecular weight is 297 g/mol. The van der Waals surface area contributed by atoms with Gasteiger partial charge in [0.25, 0.3) is 0 Å². The van der Waals surface area contributed by atoms with Gasteiger partial charge in [0.15, 0.2) is 11.6 Å². The zero-order valence-corrected chi connectivity index (χ0v) is 11.0. The van der Waals surface area contributed by atoms with Crippen LogP contribution in [0.2, 0.25) is 5.02 Å². The van der Waals surface area contributed by atoms with Gasteiger partial charge in [-0.3, -0.25) is 4.79 Å². The number of benzene rings is 2. The monoisotopic (exact) mass is 296 g/mol. The SMILES string of the molecule is O=C(CNc1ccc(Cl)cc1)Nc1ccc(F)c(F)c1. The van der Waals surface area contributed by atoms with E-state index in [0.29, 0.717) is 5.02 Å². The maximum absolute atomic E-state index is 13.0. The van der Waals surface area contributed by atoms with Crippen LogP contribution in [-0.4, -0.2) is 12.5 Å². The van der Waals surface area contributed by atoms with E-state index >= 15 is 0 Å². The number of hydrogen-bond acceptors (Lipinski definition) is 2. The van der Waals surface area contributed by atoms with Crippen molar-refractivity contribution in [3.8, 4) is 0 Å². The molecule has 2 aromatic carbocycles. The smallest absolute Gasteiger partial charge is 0.243 e. The van der Waals surface area contributed by atoms with Gasteiger partial charge < -0.3 is 10.6 Å². The summed E-state index contributed by atoms with van der Waals surface area (Å²) in [5.41, 5.74) is 0.932. The summed E-state index contributed by atoms with van der Waals surface area (Å²) >= 11 is 5.74. The minimum absolute atomic E-state index is 0.000623. The molecule has 0 unspecified atom stereocenters. The van der Waals surface area contributed by atoms with Crippen LogP contribution in [0.3, 0.4) is 0 Å². The van der Waals surface area contributed by atoms with Crippen molar-refractivity contribution in [3.63, 3.8) is 0 Å². The third-order valence-electron chi connectivity index (χ3n) is 2.50. The van der Waals surface area contributed by atoms with E-state index in [-0.39, 0.29) is 18.1 Å².